The molecule has 0 bridgehead atoms. The van der Waals surface area contributed by atoms with Crippen molar-refractivity contribution >= 4 is 29.4 Å². The summed E-state index contributed by atoms with van der Waals surface area (Å²) in [6, 6.07) is 6.39. The summed E-state index contributed by atoms with van der Waals surface area (Å²) in [7, 11) is 0. The van der Waals surface area contributed by atoms with E-state index < -0.39 is 23.8 Å². The van der Waals surface area contributed by atoms with Gasteiger partial charge in [-0.25, -0.2) is 4.79 Å². The molecule has 146 valence electrons. The molecule has 1 aromatic carbocycles. The van der Waals surface area contributed by atoms with E-state index in [0.29, 0.717) is 0 Å². The molecule has 1 aromatic rings. The van der Waals surface area contributed by atoms with Crippen molar-refractivity contribution in [3.63, 3.8) is 0 Å². The molecule has 1 heterocycles. The van der Waals surface area contributed by atoms with Gasteiger partial charge in [-0.3, -0.25) is 14.4 Å². The Bertz CT molecular complexity index is 731. The summed E-state index contributed by atoms with van der Waals surface area (Å²) >= 11 is 0. The number of nitrogens with zero attached hydrogens (tertiary/aromatic N) is 2. The third kappa shape index (κ3) is 5.06. The Morgan fingerprint density at radius 1 is 1.30 bits per heavy atom. The normalized spacial score (nSPS) is 17.5. The minimum Gasteiger partial charge on any atom is -0.480 e. The molecule has 0 radical (unpaired) electrons. The third-order valence-corrected chi connectivity index (χ3v) is 4.65. The second-order valence-corrected chi connectivity index (χ2v) is 6.77. The molecule has 3 amide bonds. The summed E-state index contributed by atoms with van der Waals surface area (Å²) in [5, 5.41) is 11.9. The molecular weight excluding hydrogens is 350 g/mol. The van der Waals surface area contributed by atoms with Crippen molar-refractivity contribution in [1.29, 1.82) is 0 Å². The lowest BCUT2D eigenvalue weighted by Gasteiger charge is -2.29. The second-order valence-electron chi connectivity index (χ2n) is 6.77. The first-order valence-corrected chi connectivity index (χ1v) is 8.85. The number of hydrogen-bond donors (Lipinski definition) is 2. The molecular formula is C19H25N3O5. The SMILES string of the molecule is CC(=O)NCCN(C(=O)C1CC(=O)N(c2ccc(C)cc2)C1)C(C)C(=O)O. The Morgan fingerprint density at radius 3 is 2.48 bits per heavy atom. The molecule has 8 nitrogen and oxygen atoms in total. The molecule has 0 saturated carbocycles. The number of carboxylic acid groups (broad SMARTS) is 1. The number of carboxylic acids is 1. The van der Waals surface area contributed by atoms with Gasteiger partial charge in [0.15, 0.2) is 0 Å². The highest BCUT2D eigenvalue weighted by Gasteiger charge is 2.39. The van der Waals surface area contributed by atoms with Crippen LogP contribution in [0.1, 0.15) is 25.8 Å². The van der Waals surface area contributed by atoms with Crippen LogP contribution < -0.4 is 10.2 Å². The second kappa shape index (κ2) is 8.66. The van der Waals surface area contributed by atoms with Crippen molar-refractivity contribution in [3.8, 4) is 0 Å². The average molecular weight is 375 g/mol. The van der Waals surface area contributed by atoms with Crippen molar-refractivity contribution in [3.05, 3.63) is 29.8 Å². The van der Waals surface area contributed by atoms with E-state index in [0.717, 1.165) is 11.3 Å². The van der Waals surface area contributed by atoms with Crippen LogP contribution in [0.3, 0.4) is 0 Å². The van der Waals surface area contributed by atoms with E-state index in [1.54, 1.807) is 4.90 Å². The highest BCUT2D eigenvalue weighted by atomic mass is 16.4. The standard InChI is InChI=1S/C19H25N3O5/c1-12-4-6-16(7-5-12)22-11-15(10-17(22)24)18(25)21(13(2)19(26)27)9-8-20-14(3)23/h4-7,13,15H,8-11H2,1-3H3,(H,20,23)(H,26,27). The molecule has 27 heavy (non-hydrogen) atoms. The lowest BCUT2D eigenvalue weighted by Crippen LogP contribution is -2.49. The fourth-order valence-electron chi connectivity index (χ4n) is 3.06. The summed E-state index contributed by atoms with van der Waals surface area (Å²) in [6.07, 6.45) is 0.0374. The number of rotatable bonds is 7. The molecule has 2 N–H and O–H groups in total. The summed E-state index contributed by atoms with van der Waals surface area (Å²) < 4.78 is 0. The Kier molecular flexibility index (Phi) is 6.55. The van der Waals surface area contributed by atoms with E-state index in [4.69, 9.17) is 0 Å². The molecule has 2 unspecified atom stereocenters. The predicted octanol–water partition coefficient (Wildman–Crippen LogP) is 0.786. The van der Waals surface area contributed by atoms with E-state index >= 15 is 0 Å². The number of anilines is 1. The van der Waals surface area contributed by atoms with Gasteiger partial charge in [-0.15, -0.1) is 0 Å². The van der Waals surface area contributed by atoms with Crippen LogP contribution >= 0.6 is 0 Å². The number of aliphatic carboxylic acids is 1. The average Bonchev–Trinajstić information content (AvgIpc) is 3.00. The van der Waals surface area contributed by atoms with Crippen molar-refractivity contribution in [2.75, 3.05) is 24.5 Å². The van der Waals surface area contributed by atoms with Crippen LogP contribution in [0, 0.1) is 12.8 Å². The summed E-state index contributed by atoms with van der Waals surface area (Å²) in [4.78, 5) is 50.5. The molecule has 8 heteroatoms. The maximum absolute atomic E-state index is 12.9. The van der Waals surface area contributed by atoms with Crippen LogP contribution in [0.15, 0.2) is 24.3 Å². The van der Waals surface area contributed by atoms with Crippen LogP contribution in [0.25, 0.3) is 0 Å². The summed E-state index contributed by atoms with van der Waals surface area (Å²) in [5.41, 5.74) is 1.79. The predicted molar refractivity (Wildman–Crippen MR) is 99.1 cm³/mol. The van der Waals surface area contributed by atoms with E-state index in [-0.39, 0.29) is 37.9 Å². The van der Waals surface area contributed by atoms with Gasteiger partial charge in [0.2, 0.25) is 17.7 Å². The monoisotopic (exact) mass is 375 g/mol. The summed E-state index contributed by atoms with van der Waals surface area (Å²) in [5.74, 6) is -2.56. The van der Waals surface area contributed by atoms with E-state index in [9.17, 15) is 24.3 Å². The molecule has 2 atom stereocenters. The zero-order valence-corrected chi connectivity index (χ0v) is 15.8. The highest BCUT2D eigenvalue weighted by molar-refractivity contribution is 6.00. The van der Waals surface area contributed by atoms with Gasteiger partial charge in [0.05, 0.1) is 5.92 Å². The Balaban J connectivity index is 2.12. The quantitative estimate of drug-likeness (QED) is 0.733. The number of amides is 3. The van der Waals surface area contributed by atoms with Crippen molar-refractivity contribution in [2.45, 2.75) is 33.2 Å². The lowest BCUT2D eigenvalue weighted by atomic mass is 10.1. The Labute approximate surface area is 158 Å². The first-order chi connectivity index (χ1) is 12.7. The zero-order chi connectivity index (χ0) is 20.1. The van der Waals surface area contributed by atoms with Gasteiger partial charge >= 0.3 is 5.97 Å². The molecule has 0 spiro atoms. The van der Waals surface area contributed by atoms with Crippen LogP contribution in [0.4, 0.5) is 5.69 Å². The van der Waals surface area contributed by atoms with Crippen molar-refractivity contribution < 1.29 is 24.3 Å². The number of nitrogens with one attached hydrogen (secondary N) is 1. The molecule has 0 aliphatic carbocycles. The van der Waals surface area contributed by atoms with E-state index in [2.05, 4.69) is 5.32 Å². The van der Waals surface area contributed by atoms with Crippen LogP contribution in [-0.2, 0) is 19.2 Å². The highest BCUT2D eigenvalue weighted by Crippen LogP contribution is 2.27. The lowest BCUT2D eigenvalue weighted by molar-refractivity contribution is -0.151. The maximum Gasteiger partial charge on any atom is 0.326 e. The van der Waals surface area contributed by atoms with Gasteiger partial charge in [0.1, 0.15) is 6.04 Å². The molecule has 1 aliphatic rings. The fourth-order valence-corrected chi connectivity index (χ4v) is 3.06. The first-order valence-electron chi connectivity index (χ1n) is 8.85. The Morgan fingerprint density at radius 2 is 1.93 bits per heavy atom. The number of benzene rings is 1. The van der Waals surface area contributed by atoms with Crippen LogP contribution in [-0.4, -0.2) is 59.4 Å². The van der Waals surface area contributed by atoms with Gasteiger partial charge in [0.25, 0.3) is 0 Å². The number of carbonyl (C=O) groups excluding carboxylic acids is 3. The van der Waals surface area contributed by atoms with Gasteiger partial charge in [0, 0.05) is 38.7 Å². The van der Waals surface area contributed by atoms with Gasteiger partial charge in [-0.05, 0) is 26.0 Å². The van der Waals surface area contributed by atoms with Crippen LogP contribution in [0.5, 0.6) is 0 Å². The van der Waals surface area contributed by atoms with Crippen molar-refractivity contribution in [1.82, 2.24) is 10.2 Å². The minimum absolute atomic E-state index is 0.0374. The van der Waals surface area contributed by atoms with E-state index in [1.807, 2.05) is 31.2 Å². The minimum atomic E-state index is -1.13. The molecule has 1 fully saturated rings. The fraction of sp³-hybridized carbons (Fsp3) is 0.474. The Hall–Kier alpha value is -2.90. The molecule has 1 saturated heterocycles. The van der Waals surface area contributed by atoms with Gasteiger partial charge < -0.3 is 20.2 Å². The first kappa shape index (κ1) is 20.4. The smallest absolute Gasteiger partial charge is 0.326 e. The maximum atomic E-state index is 12.9. The number of carbonyl (C=O) groups is 4. The third-order valence-electron chi connectivity index (χ3n) is 4.65. The molecule has 2 rings (SSSR count). The van der Waals surface area contributed by atoms with Crippen LogP contribution in [0.2, 0.25) is 0 Å². The largest absolute Gasteiger partial charge is 0.480 e. The van der Waals surface area contributed by atoms with Crippen molar-refractivity contribution in [2.24, 2.45) is 5.92 Å². The zero-order valence-electron chi connectivity index (χ0n) is 15.8. The summed E-state index contributed by atoms with van der Waals surface area (Å²) in [6.45, 7) is 5.15. The molecule has 1 aliphatic heterocycles. The number of hydrogen-bond acceptors (Lipinski definition) is 4. The van der Waals surface area contributed by atoms with Gasteiger partial charge in [-0.2, -0.15) is 0 Å². The van der Waals surface area contributed by atoms with E-state index in [1.165, 1.54) is 18.7 Å². The topological polar surface area (TPSA) is 107 Å². The molecule has 0 aromatic heterocycles. The number of aryl methyl sites for hydroxylation is 1. The van der Waals surface area contributed by atoms with Gasteiger partial charge in [-0.1, -0.05) is 17.7 Å².